The van der Waals surface area contributed by atoms with Crippen molar-refractivity contribution < 1.29 is 0 Å². The van der Waals surface area contributed by atoms with Crippen LogP contribution in [0.2, 0.25) is 0 Å². The molecule has 0 spiro atoms. The van der Waals surface area contributed by atoms with Gasteiger partial charge in [0.1, 0.15) is 5.54 Å². The second-order valence-electron chi connectivity index (χ2n) is 3.57. The second kappa shape index (κ2) is 3.21. The summed E-state index contributed by atoms with van der Waals surface area (Å²) in [7, 11) is 0. The molecule has 0 aromatic heterocycles. The van der Waals surface area contributed by atoms with Crippen LogP contribution >= 0.6 is 0 Å². The second-order valence-corrected chi connectivity index (χ2v) is 3.57. The summed E-state index contributed by atoms with van der Waals surface area (Å²) in [6.07, 6.45) is 0. The summed E-state index contributed by atoms with van der Waals surface area (Å²) < 4.78 is 0. The number of nitrogens with zero attached hydrogens (tertiary/aromatic N) is 1. The van der Waals surface area contributed by atoms with Crippen LogP contribution in [0.15, 0.2) is 0 Å². The summed E-state index contributed by atoms with van der Waals surface area (Å²) in [5, 5.41) is 15.1. The normalized spacial score (nSPS) is 20.9. The molecule has 1 heterocycles. The molecule has 11 heavy (non-hydrogen) atoms. The number of hydrogen-bond donors (Lipinski definition) is 2. The third kappa shape index (κ3) is 1.92. The molecule has 62 valence electrons. The van der Waals surface area contributed by atoms with E-state index in [1.165, 1.54) is 0 Å². The van der Waals surface area contributed by atoms with Gasteiger partial charge in [-0.1, -0.05) is 13.8 Å². The van der Waals surface area contributed by atoms with Crippen molar-refractivity contribution in [3.63, 3.8) is 0 Å². The van der Waals surface area contributed by atoms with Crippen LogP contribution in [0.5, 0.6) is 0 Å². The van der Waals surface area contributed by atoms with Gasteiger partial charge in [-0.2, -0.15) is 5.26 Å². The quantitative estimate of drug-likeness (QED) is 0.604. The molecule has 1 rings (SSSR count). The maximum atomic E-state index is 8.80. The summed E-state index contributed by atoms with van der Waals surface area (Å²) in [5.41, 5.74) is -0.260. The van der Waals surface area contributed by atoms with Gasteiger partial charge in [0.25, 0.3) is 0 Å². The van der Waals surface area contributed by atoms with Gasteiger partial charge in [-0.05, 0) is 12.5 Å². The monoisotopic (exact) mass is 153 g/mol. The van der Waals surface area contributed by atoms with E-state index in [4.69, 9.17) is 5.26 Å². The van der Waals surface area contributed by atoms with Gasteiger partial charge >= 0.3 is 0 Å². The van der Waals surface area contributed by atoms with Crippen LogP contribution in [0.1, 0.15) is 13.8 Å². The zero-order valence-corrected chi connectivity index (χ0v) is 7.15. The van der Waals surface area contributed by atoms with Gasteiger partial charge in [-0.15, -0.1) is 0 Å². The van der Waals surface area contributed by atoms with Gasteiger partial charge in [0, 0.05) is 13.1 Å². The molecule has 0 unspecified atom stereocenters. The lowest BCUT2D eigenvalue weighted by molar-refractivity contribution is 0.273. The summed E-state index contributed by atoms with van der Waals surface area (Å²) in [6, 6.07) is 2.30. The molecule has 0 aromatic carbocycles. The van der Waals surface area contributed by atoms with Gasteiger partial charge in [-0.25, -0.2) is 0 Å². The highest BCUT2D eigenvalue weighted by molar-refractivity contribution is 5.16. The van der Waals surface area contributed by atoms with E-state index in [9.17, 15) is 0 Å². The van der Waals surface area contributed by atoms with Crippen LogP contribution in [-0.4, -0.2) is 25.2 Å². The maximum Gasteiger partial charge on any atom is 0.131 e. The highest BCUT2D eigenvalue weighted by Crippen LogP contribution is 2.09. The number of hydrogen-bond acceptors (Lipinski definition) is 3. The topological polar surface area (TPSA) is 47.9 Å². The van der Waals surface area contributed by atoms with E-state index in [1.807, 2.05) is 0 Å². The van der Waals surface area contributed by atoms with Crippen LogP contribution in [0.4, 0.5) is 0 Å². The number of rotatable bonds is 3. The van der Waals surface area contributed by atoms with Crippen molar-refractivity contribution in [3.8, 4) is 6.07 Å². The minimum absolute atomic E-state index is 0.260. The molecule has 2 N–H and O–H groups in total. The van der Waals surface area contributed by atoms with Gasteiger partial charge < -0.3 is 5.32 Å². The third-order valence-corrected chi connectivity index (χ3v) is 1.92. The lowest BCUT2D eigenvalue weighted by Gasteiger charge is -2.37. The molecular formula is C8H15N3. The minimum Gasteiger partial charge on any atom is -0.311 e. The van der Waals surface area contributed by atoms with E-state index < -0.39 is 0 Å². The molecule has 0 bridgehead atoms. The van der Waals surface area contributed by atoms with E-state index in [0.29, 0.717) is 5.92 Å². The molecule has 0 saturated carbocycles. The van der Waals surface area contributed by atoms with Gasteiger partial charge in [0.15, 0.2) is 0 Å². The number of nitriles is 1. The first-order chi connectivity index (χ1) is 5.18. The Balaban J connectivity index is 2.29. The zero-order chi connectivity index (χ0) is 8.32. The van der Waals surface area contributed by atoms with Crippen molar-refractivity contribution in [3.05, 3.63) is 0 Å². The maximum absolute atomic E-state index is 8.80. The highest BCUT2D eigenvalue weighted by atomic mass is 15.1. The average molecular weight is 153 g/mol. The fourth-order valence-electron chi connectivity index (χ4n) is 1.02. The van der Waals surface area contributed by atoms with Crippen molar-refractivity contribution in [1.82, 2.24) is 10.6 Å². The minimum atomic E-state index is -0.260. The fourth-order valence-corrected chi connectivity index (χ4v) is 1.02. The first-order valence-electron chi connectivity index (χ1n) is 4.05. The fraction of sp³-hybridized carbons (Fsp3) is 0.875. The average Bonchev–Trinajstić information content (AvgIpc) is 1.86. The molecule has 1 aliphatic rings. The Labute approximate surface area is 67.8 Å². The van der Waals surface area contributed by atoms with E-state index in [2.05, 4.69) is 30.6 Å². The summed E-state index contributed by atoms with van der Waals surface area (Å²) in [6.45, 7) is 6.79. The molecule has 3 nitrogen and oxygen atoms in total. The first-order valence-corrected chi connectivity index (χ1v) is 4.05. The Bertz CT molecular complexity index is 165. The predicted octanol–water partition coefficient (Wildman–Crippen LogP) is 0.0976. The Kier molecular flexibility index (Phi) is 2.48. The zero-order valence-electron chi connectivity index (χ0n) is 7.15. The summed E-state index contributed by atoms with van der Waals surface area (Å²) >= 11 is 0. The lowest BCUT2D eigenvalue weighted by atomic mass is 9.94. The molecule has 0 amide bonds. The Morgan fingerprint density at radius 1 is 1.64 bits per heavy atom. The molecular weight excluding hydrogens is 138 g/mol. The van der Waals surface area contributed by atoms with Crippen molar-refractivity contribution in [2.75, 3.05) is 19.6 Å². The molecule has 1 saturated heterocycles. The molecule has 0 aromatic rings. The van der Waals surface area contributed by atoms with Crippen molar-refractivity contribution in [2.45, 2.75) is 19.4 Å². The van der Waals surface area contributed by atoms with Crippen LogP contribution < -0.4 is 10.6 Å². The molecule has 3 heteroatoms. The van der Waals surface area contributed by atoms with E-state index in [1.54, 1.807) is 0 Å². The van der Waals surface area contributed by atoms with Crippen LogP contribution in [-0.2, 0) is 0 Å². The Hall–Kier alpha value is -0.590. The van der Waals surface area contributed by atoms with Crippen molar-refractivity contribution in [2.24, 2.45) is 5.92 Å². The Morgan fingerprint density at radius 2 is 2.27 bits per heavy atom. The predicted molar refractivity (Wildman–Crippen MR) is 44.1 cm³/mol. The van der Waals surface area contributed by atoms with Crippen molar-refractivity contribution >= 4 is 0 Å². The first kappa shape index (κ1) is 8.51. The molecule has 0 aliphatic carbocycles. The molecule has 0 radical (unpaired) electrons. The molecule has 1 aliphatic heterocycles. The van der Waals surface area contributed by atoms with Gasteiger partial charge in [0.2, 0.25) is 0 Å². The molecule has 0 atom stereocenters. The van der Waals surface area contributed by atoms with Crippen LogP contribution in [0.3, 0.4) is 0 Å². The van der Waals surface area contributed by atoms with Gasteiger partial charge in [-0.3, -0.25) is 5.32 Å². The van der Waals surface area contributed by atoms with Gasteiger partial charge in [0.05, 0.1) is 6.07 Å². The SMILES string of the molecule is CC(C)CNC1(C#N)CNC1. The summed E-state index contributed by atoms with van der Waals surface area (Å²) in [5.74, 6) is 0.612. The largest absolute Gasteiger partial charge is 0.311 e. The smallest absolute Gasteiger partial charge is 0.131 e. The van der Waals surface area contributed by atoms with E-state index in [0.717, 1.165) is 19.6 Å². The third-order valence-electron chi connectivity index (χ3n) is 1.92. The number of nitrogens with one attached hydrogen (secondary N) is 2. The standard InChI is InChI=1S/C8H15N3/c1-7(2)3-11-8(4-9)5-10-6-8/h7,10-11H,3,5-6H2,1-2H3. The summed E-state index contributed by atoms with van der Waals surface area (Å²) in [4.78, 5) is 0. The van der Waals surface area contributed by atoms with E-state index >= 15 is 0 Å². The van der Waals surface area contributed by atoms with Crippen molar-refractivity contribution in [1.29, 1.82) is 5.26 Å². The van der Waals surface area contributed by atoms with E-state index in [-0.39, 0.29) is 5.54 Å². The van der Waals surface area contributed by atoms with Crippen LogP contribution in [0.25, 0.3) is 0 Å². The Morgan fingerprint density at radius 3 is 2.55 bits per heavy atom. The lowest BCUT2D eigenvalue weighted by Crippen LogP contribution is -2.67. The molecule has 1 fully saturated rings. The van der Waals surface area contributed by atoms with Crippen LogP contribution in [0, 0.1) is 17.2 Å². The highest BCUT2D eigenvalue weighted by Gasteiger charge is 2.36.